The van der Waals surface area contributed by atoms with Gasteiger partial charge in [0.05, 0.1) is 30.3 Å². The first-order valence-electron chi connectivity index (χ1n) is 7.22. The minimum absolute atomic E-state index is 0.00332. The van der Waals surface area contributed by atoms with Gasteiger partial charge in [0, 0.05) is 12.5 Å². The molecule has 1 aliphatic rings. The SMILES string of the molecule is OCC(CO)N1CCCC(c2nc3ccccc3[nH]2)C1. The van der Waals surface area contributed by atoms with Gasteiger partial charge in [0.15, 0.2) is 0 Å². The Hall–Kier alpha value is -1.43. The van der Waals surface area contributed by atoms with Crippen LogP contribution in [0, 0.1) is 0 Å². The third kappa shape index (κ3) is 2.57. The Morgan fingerprint density at radius 2 is 2.10 bits per heavy atom. The molecule has 3 N–H and O–H groups in total. The molecular weight excluding hydrogens is 254 g/mol. The van der Waals surface area contributed by atoms with Gasteiger partial charge >= 0.3 is 0 Å². The molecule has 1 aromatic heterocycles. The summed E-state index contributed by atoms with van der Waals surface area (Å²) >= 11 is 0. The van der Waals surface area contributed by atoms with Gasteiger partial charge in [-0.3, -0.25) is 4.90 Å². The van der Waals surface area contributed by atoms with Crippen molar-refractivity contribution in [1.82, 2.24) is 14.9 Å². The first-order chi connectivity index (χ1) is 9.81. The number of para-hydroxylation sites is 2. The zero-order valence-corrected chi connectivity index (χ0v) is 11.5. The number of aromatic nitrogens is 2. The quantitative estimate of drug-likeness (QED) is 0.781. The molecule has 1 atom stereocenters. The molecule has 0 saturated carbocycles. The van der Waals surface area contributed by atoms with Gasteiger partial charge in [-0.25, -0.2) is 4.98 Å². The number of H-pyrrole nitrogens is 1. The molecule has 108 valence electrons. The molecular formula is C15H21N3O2. The lowest BCUT2D eigenvalue weighted by atomic mass is 9.96. The van der Waals surface area contributed by atoms with Crippen molar-refractivity contribution in [3.05, 3.63) is 30.1 Å². The first-order valence-corrected chi connectivity index (χ1v) is 7.22. The fraction of sp³-hybridized carbons (Fsp3) is 0.533. The standard InChI is InChI=1S/C15H21N3O2/c19-9-12(10-20)18-7-3-4-11(8-18)15-16-13-5-1-2-6-14(13)17-15/h1-2,5-6,11-12,19-20H,3-4,7-10H2,(H,16,17). The topological polar surface area (TPSA) is 72.4 Å². The minimum atomic E-state index is -0.151. The Morgan fingerprint density at radius 3 is 2.85 bits per heavy atom. The van der Waals surface area contributed by atoms with Crippen LogP contribution >= 0.6 is 0 Å². The van der Waals surface area contributed by atoms with Crippen molar-refractivity contribution in [3.8, 4) is 0 Å². The number of rotatable bonds is 4. The van der Waals surface area contributed by atoms with E-state index in [1.807, 2.05) is 24.3 Å². The number of hydrogen-bond donors (Lipinski definition) is 3. The summed E-state index contributed by atoms with van der Waals surface area (Å²) < 4.78 is 0. The van der Waals surface area contributed by atoms with Crippen LogP contribution in [0.4, 0.5) is 0 Å². The second-order valence-electron chi connectivity index (χ2n) is 5.49. The van der Waals surface area contributed by atoms with Gasteiger partial charge in [0.2, 0.25) is 0 Å². The van der Waals surface area contributed by atoms with E-state index in [2.05, 4.69) is 14.9 Å². The van der Waals surface area contributed by atoms with Crippen LogP contribution in [0.3, 0.4) is 0 Å². The van der Waals surface area contributed by atoms with E-state index in [0.29, 0.717) is 5.92 Å². The van der Waals surface area contributed by atoms with E-state index in [1.54, 1.807) is 0 Å². The molecule has 2 aromatic rings. The number of imidazole rings is 1. The van der Waals surface area contributed by atoms with Gasteiger partial charge < -0.3 is 15.2 Å². The maximum atomic E-state index is 9.32. The van der Waals surface area contributed by atoms with Crippen LogP contribution in [-0.4, -0.2) is 57.4 Å². The van der Waals surface area contributed by atoms with Gasteiger partial charge in [0.25, 0.3) is 0 Å². The monoisotopic (exact) mass is 275 g/mol. The van der Waals surface area contributed by atoms with Crippen LogP contribution in [0.25, 0.3) is 11.0 Å². The van der Waals surface area contributed by atoms with Gasteiger partial charge in [-0.2, -0.15) is 0 Å². The zero-order chi connectivity index (χ0) is 13.9. The molecule has 1 unspecified atom stereocenters. The predicted molar refractivity (Wildman–Crippen MR) is 77.6 cm³/mol. The molecule has 1 fully saturated rings. The Bertz CT molecular complexity index is 532. The Morgan fingerprint density at radius 1 is 1.30 bits per heavy atom. The molecule has 2 heterocycles. The number of nitrogens with zero attached hydrogens (tertiary/aromatic N) is 2. The highest BCUT2D eigenvalue weighted by Crippen LogP contribution is 2.27. The second kappa shape index (κ2) is 5.91. The van der Waals surface area contributed by atoms with Crippen LogP contribution in [0.1, 0.15) is 24.6 Å². The minimum Gasteiger partial charge on any atom is -0.395 e. The lowest BCUT2D eigenvalue weighted by Gasteiger charge is -2.36. The largest absolute Gasteiger partial charge is 0.395 e. The maximum Gasteiger partial charge on any atom is 0.111 e. The number of aliphatic hydroxyl groups excluding tert-OH is 2. The van der Waals surface area contributed by atoms with E-state index < -0.39 is 0 Å². The smallest absolute Gasteiger partial charge is 0.111 e. The number of fused-ring (bicyclic) bond motifs is 1. The van der Waals surface area contributed by atoms with E-state index in [9.17, 15) is 10.2 Å². The average molecular weight is 275 g/mol. The zero-order valence-electron chi connectivity index (χ0n) is 11.5. The number of likely N-dealkylation sites (tertiary alicyclic amines) is 1. The second-order valence-corrected chi connectivity index (χ2v) is 5.49. The predicted octanol–water partition coefficient (Wildman–Crippen LogP) is 1.10. The Labute approximate surface area is 118 Å². The summed E-state index contributed by atoms with van der Waals surface area (Å²) in [7, 11) is 0. The highest BCUT2D eigenvalue weighted by molar-refractivity contribution is 5.74. The summed E-state index contributed by atoms with van der Waals surface area (Å²) in [5, 5.41) is 18.6. The van der Waals surface area contributed by atoms with Crippen molar-refractivity contribution < 1.29 is 10.2 Å². The van der Waals surface area contributed by atoms with E-state index in [0.717, 1.165) is 42.8 Å². The van der Waals surface area contributed by atoms with Crippen LogP contribution in [0.15, 0.2) is 24.3 Å². The van der Waals surface area contributed by atoms with E-state index >= 15 is 0 Å². The molecule has 20 heavy (non-hydrogen) atoms. The van der Waals surface area contributed by atoms with Crippen LogP contribution in [0.2, 0.25) is 0 Å². The van der Waals surface area contributed by atoms with Crippen molar-refractivity contribution >= 4 is 11.0 Å². The van der Waals surface area contributed by atoms with Gasteiger partial charge in [-0.15, -0.1) is 0 Å². The molecule has 0 amide bonds. The molecule has 5 heteroatoms. The lowest BCUT2D eigenvalue weighted by molar-refractivity contribution is 0.0542. The van der Waals surface area contributed by atoms with Crippen LogP contribution in [0.5, 0.6) is 0 Å². The molecule has 0 bridgehead atoms. The summed E-state index contributed by atoms with van der Waals surface area (Å²) in [6.07, 6.45) is 2.16. The van der Waals surface area contributed by atoms with E-state index in [1.165, 1.54) is 0 Å². The number of nitrogens with one attached hydrogen (secondary N) is 1. The average Bonchev–Trinajstić information content (AvgIpc) is 2.93. The molecule has 5 nitrogen and oxygen atoms in total. The molecule has 1 aliphatic heterocycles. The fourth-order valence-electron chi connectivity index (χ4n) is 3.02. The van der Waals surface area contributed by atoms with Crippen molar-refractivity contribution in [2.45, 2.75) is 24.8 Å². The van der Waals surface area contributed by atoms with Gasteiger partial charge in [-0.05, 0) is 31.5 Å². The molecule has 0 spiro atoms. The van der Waals surface area contributed by atoms with Crippen molar-refractivity contribution in [2.75, 3.05) is 26.3 Å². The van der Waals surface area contributed by atoms with Crippen molar-refractivity contribution in [1.29, 1.82) is 0 Å². The number of piperidine rings is 1. The summed E-state index contributed by atoms with van der Waals surface area (Å²) in [6.45, 7) is 1.78. The molecule has 1 saturated heterocycles. The highest BCUT2D eigenvalue weighted by Gasteiger charge is 2.27. The number of aromatic amines is 1. The maximum absolute atomic E-state index is 9.32. The Balaban J connectivity index is 1.79. The summed E-state index contributed by atoms with van der Waals surface area (Å²) in [4.78, 5) is 10.2. The van der Waals surface area contributed by atoms with Crippen molar-refractivity contribution in [3.63, 3.8) is 0 Å². The van der Waals surface area contributed by atoms with Crippen molar-refractivity contribution in [2.24, 2.45) is 0 Å². The van der Waals surface area contributed by atoms with Crippen LogP contribution < -0.4 is 0 Å². The number of hydrogen-bond acceptors (Lipinski definition) is 4. The van der Waals surface area contributed by atoms with Gasteiger partial charge in [0.1, 0.15) is 5.82 Å². The highest BCUT2D eigenvalue weighted by atomic mass is 16.3. The summed E-state index contributed by atoms with van der Waals surface area (Å²) in [6, 6.07) is 7.90. The molecule has 3 rings (SSSR count). The molecule has 0 aliphatic carbocycles. The third-order valence-electron chi connectivity index (χ3n) is 4.19. The van der Waals surface area contributed by atoms with Crippen LogP contribution in [-0.2, 0) is 0 Å². The Kier molecular flexibility index (Phi) is 4.00. The lowest BCUT2D eigenvalue weighted by Crippen LogP contribution is -2.45. The normalized spacial score (nSPS) is 20.9. The van der Waals surface area contributed by atoms with E-state index in [-0.39, 0.29) is 19.3 Å². The fourth-order valence-corrected chi connectivity index (χ4v) is 3.02. The molecule has 0 radical (unpaired) electrons. The number of benzene rings is 1. The third-order valence-corrected chi connectivity index (χ3v) is 4.19. The first kappa shape index (κ1) is 13.5. The summed E-state index contributed by atoms with van der Waals surface area (Å²) in [5.74, 6) is 1.36. The number of aliphatic hydroxyl groups is 2. The summed E-state index contributed by atoms with van der Waals surface area (Å²) in [5.41, 5.74) is 2.07. The molecule has 1 aromatic carbocycles. The van der Waals surface area contributed by atoms with E-state index in [4.69, 9.17) is 0 Å². The van der Waals surface area contributed by atoms with Gasteiger partial charge in [-0.1, -0.05) is 12.1 Å².